The largest absolute Gasteiger partial charge is 0.318 e. The second kappa shape index (κ2) is 5.57. The molecule has 0 saturated carbocycles. The summed E-state index contributed by atoms with van der Waals surface area (Å²) in [4.78, 5) is 4.67. The number of hydrogen-bond donors (Lipinski definition) is 1. The highest BCUT2D eigenvalue weighted by atomic mass is 32.1. The molecule has 0 radical (unpaired) electrons. The summed E-state index contributed by atoms with van der Waals surface area (Å²) in [6, 6.07) is 18.3. The van der Waals surface area contributed by atoms with Gasteiger partial charge in [0, 0.05) is 10.9 Å². The lowest BCUT2D eigenvalue weighted by Gasteiger charge is -2.09. The van der Waals surface area contributed by atoms with Crippen LogP contribution in [0.15, 0.2) is 60.0 Å². The minimum Gasteiger partial charge on any atom is -0.318 e. The van der Waals surface area contributed by atoms with Gasteiger partial charge in [-0.2, -0.15) is 0 Å². The van der Waals surface area contributed by atoms with Crippen molar-refractivity contribution in [3.05, 3.63) is 76.1 Å². The SMILES string of the molecule is Cc1ccc(C(N)c2nc(-c3ccccc3)cs2)cc1. The van der Waals surface area contributed by atoms with E-state index in [1.807, 2.05) is 18.2 Å². The number of hydrogen-bond acceptors (Lipinski definition) is 3. The van der Waals surface area contributed by atoms with Crippen LogP contribution < -0.4 is 5.73 Å². The summed E-state index contributed by atoms with van der Waals surface area (Å²) >= 11 is 1.62. The normalized spacial score (nSPS) is 12.3. The van der Waals surface area contributed by atoms with E-state index in [1.54, 1.807) is 11.3 Å². The summed E-state index contributed by atoms with van der Waals surface area (Å²) in [6.45, 7) is 2.08. The van der Waals surface area contributed by atoms with Crippen LogP contribution in [0.2, 0.25) is 0 Å². The van der Waals surface area contributed by atoms with E-state index in [2.05, 4.69) is 53.7 Å². The molecule has 0 spiro atoms. The lowest BCUT2D eigenvalue weighted by molar-refractivity contribution is 0.858. The van der Waals surface area contributed by atoms with Gasteiger partial charge in [0.15, 0.2) is 0 Å². The van der Waals surface area contributed by atoms with Crippen molar-refractivity contribution in [2.45, 2.75) is 13.0 Å². The van der Waals surface area contributed by atoms with E-state index in [1.165, 1.54) is 5.56 Å². The Morgan fingerprint density at radius 3 is 2.40 bits per heavy atom. The fourth-order valence-electron chi connectivity index (χ4n) is 2.09. The number of thiazole rings is 1. The standard InChI is InChI=1S/C17H16N2S/c1-12-7-9-14(10-8-12)16(18)17-19-15(11-20-17)13-5-3-2-4-6-13/h2-11,16H,18H2,1H3. The first kappa shape index (κ1) is 13.0. The summed E-state index contributed by atoms with van der Waals surface area (Å²) in [7, 11) is 0. The highest BCUT2D eigenvalue weighted by Crippen LogP contribution is 2.27. The van der Waals surface area contributed by atoms with Crippen molar-refractivity contribution in [2.75, 3.05) is 0 Å². The third-order valence-corrected chi connectivity index (χ3v) is 4.22. The molecule has 100 valence electrons. The van der Waals surface area contributed by atoms with Crippen molar-refractivity contribution in [3.63, 3.8) is 0 Å². The van der Waals surface area contributed by atoms with Gasteiger partial charge in [0.2, 0.25) is 0 Å². The first-order valence-corrected chi connectivity index (χ1v) is 7.45. The van der Waals surface area contributed by atoms with Crippen LogP contribution in [0.5, 0.6) is 0 Å². The number of aryl methyl sites for hydroxylation is 1. The van der Waals surface area contributed by atoms with Gasteiger partial charge < -0.3 is 5.73 Å². The van der Waals surface area contributed by atoms with Crippen molar-refractivity contribution in [1.29, 1.82) is 0 Å². The van der Waals surface area contributed by atoms with Crippen LogP contribution in [0, 0.1) is 6.92 Å². The molecule has 1 aromatic heterocycles. The van der Waals surface area contributed by atoms with Crippen LogP contribution in [0.1, 0.15) is 22.2 Å². The lowest BCUT2D eigenvalue weighted by atomic mass is 10.1. The predicted molar refractivity (Wildman–Crippen MR) is 84.8 cm³/mol. The second-order valence-electron chi connectivity index (χ2n) is 4.83. The molecule has 0 amide bonds. The Bertz CT molecular complexity index is 687. The summed E-state index contributed by atoms with van der Waals surface area (Å²) in [5.41, 5.74) is 10.8. The molecule has 0 aliphatic carbocycles. The van der Waals surface area contributed by atoms with Crippen molar-refractivity contribution < 1.29 is 0 Å². The number of nitrogens with zero attached hydrogens (tertiary/aromatic N) is 1. The minimum absolute atomic E-state index is 0.155. The van der Waals surface area contributed by atoms with Crippen molar-refractivity contribution in [3.8, 4) is 11.3 Å². The van der Waals surface area contributed by atoms with E-state index < -0.39 is 0 Å². The van der Waals surface area contributed by atoms with Gasteiger partial charge in [0.1, 0.15) is 5.01 Å². The Morgan fingerprint density at radius 2 is 1.70 bits per heavy atom. The summed E-state index contributed by atoms with van der Waals surface area (Å²) in [5, 5.41) is 3.02. The van der Waals surface area contributed by atoms with Gasteiger partial charge in [-0.1, -0.05) is 60.2 Å². The molecule has 2 N–H and O–H groups in total. The quantitative estimate of drug-likeness (QED) is 0.782. The van der Waals surface area contributed by atoms with Gasteiger partial charge in [-0.25, -0.2) is 4.98 Å². The van der Waals surface area contributed by atoms with Gasteiger partial charge in [0.05, 0.1) is 11.7 Å². The van der Waals surface area contributed by atoms with Crippen LogP contribution in [-0.4, -0.2) is 4.98 Å². The molecule has 3 aromatic rings. The molecule has 0 saturated heterocycles. The smallest absolute Gasteiger partial charge is 0.115 e. The van der Waals surface area contributed by atoms with Crippen LogP contribution in [-0.2, 0) is 0 Å². The molecule has 0 aliphatic rings. The number of aromatic nitrogens is 1. The second-order valence-corrected chi connectivity index (χ2v) is 5.72. The number of rotatable bonds is 3. The molecule has 2 aromatic carbocycles. The highest BCUT2D eigenvalue weighted by Gasteiger charge is 2.13. The van der Waals surface area contributed by atoms with Gasteiger partial charge in [-0.15, -0.1) is 11.3 Å². The van der Waals surface area contributed by atoms with E-state index >= 15 is 0 Å². The van der Waals surface area contributed by atoms with Crippen molar-refractivity contribution >= 4 is 11.3 Å². The topological polar surface area (TPSA) is 38.9 Å². The monoisotopic (exact) mass is 280 g/mol. The molecule has 0 fully saturated rings. The van der Waals surface area contributed by atoms with Crippen LogP contribution in [0.4, 0.5) is 0 Å². The molecule has 20 heavy (non-hydrogen) atoms. The van der Waals surface area contributed by atoms with Crippen molar-refractivity contribution in [2.24, 2.45) is 5.73 Å². The molecule has 1 unspecified atom stereocenters. The first-order valence-electron chi connectivity index (χ1n) is 6.57. The average Bonchev–Trinajstić information content (AvgIpc) is 2.98. The van der Waals surface area contributed by atoms with Crippen LogP contribution >= 0.6 is 11.3 Å². The fraction of sp³-hybridized carbons (Fsp3) is 0.118. The molecule has 2 nitrogen and oxygen atoms in total. The third kappa shape index (κ3) is 2.64. The van der Waals surface area contributed by atoms with E-state index in [9.17, 15) is 0 Å². The van der Waals surface area contributed by atoms with E-state index in [0.717, 1.165) is 21.8 Å². The zero-order valence-electron chi connectivity index (χ0n) is 11.3. The Morgan fingerprint density at radius 1 is 1.00 bits per heavy atom. The molecule has 0 aliphatic heterocycles. The fourth-order valence-corrected chi connectivity index (χ4v) is 2.94. The maximum absolute atomic E-state index is 6.31. The number of nitrogens with two attached hydrogens (primary N) is 1. The number of benzene rings is 2. The zero-order valence-corrected chi connectivity index (χ0v) is 12.1. The zero-order chi connectivity index (χ0) is 13.9. The molecule has 1 atom stereocenters. The van der Waals surface area contributed by atoms with E-state index in [-0.39, 0.29) is 6.04 Å². The average molecular weight is 280 g/mol. The molecule has 0 bridgehead atoms. The maximum Gasteiger partial charge on any atom is 0.115 e. The van der Waals surface area contributed by atoms with Crippen LogP contribution in [0.25, 0.3) is 11.3 Å². The Balaban J connectivity index is 1.88. The van der Waals surface area contributed by atoms with Gasteiger partial charge >= 0.3 is 0 Å². The Hall–Kier alpha value is -1.97. The van der Waals surface area contributed by atoms with Crippen molar-refractivity contribution in [1.82, 2.24) is 4.98 Å². The summed E-state index contributed by atoms with van der Waals surface area (Å²) < 4.78 is 0. The van der Waals surface area contributed by atoms with Gasteiger partial charge in [-0.05, 0) is 12.5 Å². The van der Waals surface area contributed by atoms with Crippen LogP contribution in [0.3, 0.4) is 0 Å². The highest BCUT2D eigenvalue weighted by molar-refractivity contribution is 7.10. The van der Waals surface area contributed by atoms with E-state index in [4.69, 9.17) is 5.73 Å². The first-order chi connectivity index (χ1) is 9.74. The third-order valence-electron chi connectivity index (χ3n) is 3.29. The summed E-state index contributed by atoms with van der Waals surface area (Å²) in [6.07, 6.45) is 0. The van der Waals surface area contributed by atoms with Gasteiger partial charge in [-0.3, -0.25) is 0 Å². The van der Waals surface area contributed by atoms with E-state index in [0.29, 0.717) is 0 Å². The van der Waals surface area contributed by atoms with Gasteiger partial charge in [0.25, 0.3) is 0 Å². The Labute approximate surface area is 122 Å². The lowest BCUT2D eigenvalue weighted by Crippen LogP contribution is -2.11. The molecular weight excluding hydrogens is 264 g/mol. The summed E-state index contributed by atoms with van der Waals surface area (Å²) in [5.74, 6) is 0. The Kier molecular flexibility index (Phi) is 3.63. The molecule has 3 heteroatoms. The maximum atomic E-state index is 6.31. The molecule has 3 rings (SSSR count). The molecule has 1 heterocycles. The molecular formula is C17H16N2S. The predicted octanol–water partition coefficient (Wildman–Crippen LogP) is 4.17. The minimum atomic E-state index is -0.155.